The molecule has 0 unspecified atom stereocenters. The quantitative estimate of drug-likeness (QED) is 0.887. The highest BCUT2D eigenvalue weighted by atomic mass is 16.3. The van der Waals surface area contributed by atoms with Gasteiger partial charge in [-0.05, 0) is 49.8 Å². The lowest BCUT2D eigenvalue weighted by molar-refractivity contribution is 0.474. The second kappa shape index (κ2) is 6.34. The SMILES string of the molecule is CCc1cc(N(Cc2cccc(O)c2)CC2CC2)nc(C)n1. The number of hydrogen-bond donors (Lipinski definition) is 1. The number of phenolic OH excluding ortho intramolecular Hbond substituents is 1. The van der Waals surface area contributed by atoms with Crippen LogP contribution in [0.3, 0.4) is 0 Å². The zero-order valence-corrected chi connectivity index (χ0v) is 13.3. The van der Waals surface area contributed by atoms with Crippen molar-refractivity contribution in [1.82, 2.24) is 9.97 Å². The number of benzene rings is 1. The summed E-state index contributed by atoms with van der Waals surface area (Å²) in [5, 5.41) is 9.67. The van der Waals surface area contributed by atoms with Gasteiger partial charge >= 0.3 is 0 Å². The van der Waals surface area contributed by atoms with Crippen molar-refractivity contribution in [1.29, 1.82) is 0 Å². The molecule has 4 heteroatoms. The van der Waals surface area contributed by atoms with E-state index < -0.39 is 0 Å². The monoisotopic (exact) mass is 297 g/mol. The second-order valence-electron chi connectivity index (χ2n) is 6.11. The molecule has 4 nitrogen and oxygen atoms in total. The summed E-state index contributed by atoms with van der Waals surface area (Å²) in [5.41, 5.74) is 2.19. The van der Waals surface area contributed by atoms with E-state index in [-0.39, 0.29) is 0 Å². The number of aryl methyl sites for hydroxylation is 2. The average molecular weight is 297 g/mol. The van der Waals surface area contributed by atoms with Crippen LogP contribution in [-0.4, -0.2) is 21.6 Å². The van der Waals surface area contributed by atoms with Crippen molar-refractivity contribution < 1.29 is 5.11 Å². The van der Waals surface area contributed by atoms with Crippen LogP contribution in [0.5, 0.6) is 5.75 Å². The molecule has 1 N–H and O–H groups in total. The number of rotatable bonds is 6. The first-order valence-corrected chi connectivity index (χ1v) is 8.01. The van der Waals surface area contributed by atoms with Crippen LogP contribution >= 0.6 is 0 Å². The fourth-order valence-electron chi connectivity index (χ4n) is 2.68. The van der Waals surface area contributed by atoms with Gasteiger partial charge in [0, 0.05) is 24.8 Å². The van der Waals surface area contributed by atoms with E-state index in [1.807, 2.05) is 25.1 Å². The Balaban J connectivity index is 1.87. The van der Waals surface area contributed by atoms with Crippen molar-refractivity contribution in [3.63, 3.8) is 0 Å². The molecule has 1 saturated carbocycles. The molecular formula is C18H23N3O. The summed E-state index contributed by atoms with van der Waals surface area (Å²) in [5.74, 6) is 2.92. The van der Waals surface area contributed by atoms with Crippen LogP contribution in [0.4, 0.5) is 5.82 Å². The Morgan fingerprint density at radius 2 is 2.05 bits per heavy atom. The van der Waals surface area contributed by atoms with Crippen molar-refractivity contribution >= 4 is 5.82 Å². The van der Waals surface area contributed by atoms with Gasteiger partial charge in [-0.25, -0.2) is 9.97 Å². The molecule has 0 spiro atoms. The Morgan fingerprint density at radius 1 is 1.23 bits per heavy atom. The van der Waals surface area contributed by atoms with Crippen LogP contribution in [0.15, 0.2) is 30.3 Å². The summed E-state index contributed by atoms with van der Waals surface area (Å²) in [6.45, 7) is 5.86. The van der Waals surface area contributed by atoms with E-state index in [9.17, 15) is 5.11 Å². The molecule has 0 radical (unpaired) electrons. The van der Waals surface area contributed by atoms with Gasteiger partial charge < -0.3 is 10.0 Å². The minimum Gasteiger partial charge on any atom is -0.508 e. The second-order valence-corrected chi connectivity index (χ2v) is 6.11. The van der Waals surface area contributed by atoms with E-state index in [1.54, 1.807) is 6.07 Å². The highest BCUT2D eigenvalue weighted by Crippen LogP contribution is 2.32. The first kappa shape index (κ1) is 14.8. The first-order chi connectivity index (χ1) is 10.6. The molecule has 1 aromatic heterocycles. The van der Waals surface area contributed by atoms with Gasteiger partial charge in [0.2, 0.25) is 0 Å². The molecule has 0 amide bonds. The zero-order chi connectivity index (χ0) is 15.5. The number of aromatic nitrogens is 2. The van der Waals surface area contributed by atoms with Gasteiger partial charge in [-0.3, -0.25) is 0 Å². The molecular weight excluding hydrogens is 274 g/mol. The van der Waals surface area contributed by atoms with E-state index in [2.05, 4.69) is 27.9 Å². The molecule has 1 fully saturated rings. The predicted molar refractivity (Wildman–Crippen MR) is 88.0 cm³/mol. The minimum atomic E-state index is 0.317. The van der Waals surface area contributed by atoms with Crippen molar-refractivity contribution in [3.8, 4) is 5.75 Å². The Bertz CT molecular complexity index is 653. The summed E-state index contributed by atoms with van der Waals surface area (Å²) in [7, 11) is 0. The summed E-state index contributed by atoms with van der Waals surface area (Å²) >= 11 is 0. The van der Waals surface area contributed by atoms with Crippen LogP contribution in [-0.2, 0) is 13.0 Å². The molecule has 1 aliphatic rings. The fraction of sp³-hybridized carbons (Fsp3) is 0.444. The normalized spacial score (nSPS) is 14.1. The largest absolute Gasteiger partial charge is 0.508 e. The highest BCUT2D eigenvalue weighted by Gasteiger charge is 2.25. The molecule has 116 valence electrons. The van der Waals surface area contributed by atoms with Crippen molar-refractivity contribution in [3.05, 3.63) is 47.4 Å². The molecule has 1 aromatic carbocycles. The smallest absolute Gasteiger partial charge is 0.132 e. The van der Waals surface area contributed by atoms with Crippen LogP contribution in [0.1, 0.15) is 36.8 Å². The van der Waals surface area contributed by atoms with Crippen LogP contribution in [0, 0.1) is 12.8 Å². The molecule has 22 heavy (non-hydrogen) atoms. The standard InChI is InChI=1S/C18H23N3O/c1-3-16-10-18(20-13(2)19-16)21(11-14-7-8-14)12-15-5-4-6-17(22)9-15/h4-6,9-10,14,22H,3,7-8,11-12H2,1-2H3. The number of hydrogen-bond acceptors (Lipinski definition) is 4. The summed E-state index contributed by atoms with van der Waals surface area (Å²) < 4.78 is 0. The van der Waals surface area contributed by atoms with Crippen molar-refractivity contribution in [2.24, 2.45) is 5.92 Å². The van der Waals surface area contributed by atoms with Gasteiger partial charge in [0.05, 0.1) is 0 Å². The number of aromatic hydroxyl groups is 1. The zero-order valence-electron chi connectivity index (χ0n) is 13.3. The van der Waals surface area contributed by atoms with E-state index in [4.69, 9.17) is 0 Å². The highest BCUT2D eigenvalue weighted by molar-refractivity contribution is 5.42. The maximum Gasteiger partial charge on any atom is 0.132 e. The van der Waals surface area contributed by atoms with Crippen LogP contribution < -0.4 is 4.90 Å². The summed E-state index contributed by atoms with van der Waals surface area (Å²) in [6.07, 6.45) is 3.53. The molecule has 0 saturated heterocycles. The van der Waals surface area contributed by atoms with E-state index >= 15 is 0 Å². The lowest BCUT2D eigenvalue weighted by Gasteiger charge is -2.24. The topological polar surface area (TPSA) is 49.2 Å². The van der Waals surface area contributed by atoms with E-state index in [1.165, 1.54) is 12.8 Å². The summed E-state index contributed by atoms with van der Waals surface area (Å²) in [6, 6.07) is 9.57. The van der Waals surface area contributed by atoms with Gasteiger partial charge in [0.25, 0.3) is 0 Å². The van der Waals surface area contributed by atoms with Crippen LogP contribution in [0.25, 0.3) is 0 Å². The Morgan fingerprint density at radius 3 is 2.73 bits per heavy atom. The molecule has 0 aliphatic heterocycles. The number of nitrogens with zero attached hydrogens (tertiary/aromatic N) is 3. The third kappa shape index (κ3) is 3.75. The Hall–Kier alpha value is -2.10. The molecule has 2 aromatic rings. The third-order valence-electron chi connectivity index (χ3n) is 4.02. The van der Waals surface area contributed by atoms with Gasteiger partial charge in [-0.1, -0.05) is 19.1 Å². The minimum absolute atomic E-state index is 0.317. The van der Waals surface area contributed by atoms with Gasteiger partial charge in [-0.15, -0.1) is 0 Å². The van der Waals surface area contributed by atoms with Gasteiger partial charge in [0.1, 0.15) is 17.4 Å². The lowest BCUT2D eigenvalue weighted by atomic mass is 10.2. The molecule has 3 rings (SSSR count). The maximum absolute atomic E-state index is 9.67. The Kier molecular flexibility index (Phi) is 4.27. The molecule has 0 atom stereocenters. The lowest BCUT2D eigenvalue weighted by Crippen LogP contribution is -2.26. The molecule has 1 aliphatic carbocycles. The summed E-state index contributed by atoms with van der Waals surface area (Å²) in [4.78, 5) is 11.4. The maximum atomic E-state index is 9.67. The van der Waals surface area contributed by atoms with E-state index in [0.29, 0.717) is 5.75 Å². The first-order valence-electron chi connectivity index (χ1n) is 8.01. The van der Waals surface area contributed by atoms with Crippen LogP contribution in [0.2, 0.25) is 0 Å². The molecule has 0 bridgehead atoms. The number of anilines is 1. The molecule has 1 heterocycles. The predicted octanol–water partition coefficient (Wildman–Crippen LogP) is 3.47. The average Bonchev–Trinajstić information content (AvgIpc) is 3.30. The van der Waals surface area contributed by atoms with E-state index in [0.717, 1.165) is 48.3 Å². The van der Waals surface area contributed by atoms with Gasteiger partial charge in [-0.2, -0.15) is 0 Å². The fourth-order valence-corrected chi connectivity index (χ4v) is 2.68. The number of phenols is 1. The Labute approximate surface area is 131 Å². The van der Waals surface area contributed by atoms with Gasteiger partial charge in [0.15, 0.2) is 0 Å². The van der Waals surface area contributed by atoms with Crippen molar-refractivity contribution in [2.75, 3.05) is 11.4 Å². The third-order valence-corrected chi connectivity index (χ3v) is 4.02. The van der Waals surface area contributed by atoms with Crippen molar-refractivity contribution in [2.45, 2.75) is 39.7 Å².